The molecule has 0 spiro atoms. The minimum atomic E-state index is -0.298. The summed E-state index contributed by atoms with van der Waals surface area (Å²) in [4.78, 5) is 15.9. The fourth-order valence-corrected chi connectivity index (χ4v) is 1.77. The Morgan fingerprint density at radius 2 is 2.26 bits per heavy atom. The van der Waals surface area contributed by atoms with Crippen LogP contribution in [-0.4, -0.2) is 31.3 Å². The summed E-state index contributed by atoms with van der Waals surface area (Å²) in [5, 5.41) is 16.5. The summed E-state index contributed by atoms with van der Waals surface area (Å²) in [6.07, 6.45) is 1.38. The lowest BCUT2D eigenvalue weighted by atomic mass is 10.2. The van der Waals surface area contributed by atoms with E-state index in [-0.39, 0.29) is 12.5 Å². The first kappa shape index (κ1) is 11.2. The maximum atomic E-state index is 12.0. The Labute approximate surface area is 107 Å². The van der Waals surface area contributed by atoms with Gasteiger partial charge in [-0.05, 0) is 18.2 Å². The molecule has 0 fully saturated rings. The number of amides is 1. The van der Waals surface area contributed by atoms with Gasteiger partial charge in [0.15, 0.2) is 5.69 Å². The Morgan fingerprint density at radius 3 is 3.05 bits per heavy atom. The number of aromatic nitrogens is 5. The second kappa shape index (κ2) is 4.41. The molecule has 0 bridgehead atoms. The second-order valence-corrected chi connectivity index (χ2v) is 3.99. The fourth-order valence-electron chi connectivity index (χ4n) is 1.77. The van der Waals surface area contributed by atoms with Crippen molar-refractivity contribution < 1.29 is 4.79 Å². The van der Waals surface area contributed by atoms with Gasteiger partial charge in [0.1, 0.15) is 12.2 Å². The van der Waals surface area contributed by atoms with Gasteiger partial charge >= 0.3 is 0 Å². The standard InChI is InChI=1S/C11H11N7O/c12-6-1-2-8-7(3-6)10(18-16-8)11(19)13-4-9-14-5-15-17-9/h1-3,5H,4,12H2,(H,13,19)(H,16,18)(H,14,15,17). The molecule has 2 heterocycles. The lowest BCUT2D eigenvalue weighted by Crippen LogP contribution is -2.24. The van der Waals surface area contributed by atoms with Crippen LogP contribution in [0.2, 0.25) is 0 Å². The molecular formula is C11H11N7O. The highest BCUT2D eigenvalue weighted by molar-refractivity contribution is 6.05. The number of H-pyrrole nitrogens is 2. The molecule has 1 amide bonds. The highest BCUT2D eigenvalue weighted by Gasteiger charge is 2.14. The molecule has 3 aromatic rings. The van der Waals surface area contributed by atoms with Gasteiger partial charge in [0.05, 0.1) is 12.1 Å². The molecule has 0 aliphatic carbocycles. The van der Waals surface area contributed by atoms with E-state index in [1.54, 1.807) is 18.2 Å². The number of nitrogens with two attached hydrogens (primary N) is 1. The van der Waals surface area contributed by atoms with E-state index >= 15 is 0 Å². The van der Waals surface area contributed by atoms with E-state index in [1.165, 1.54) is 6.33 Å². The number of hydrogen-bond acceptors (Lipinski definition) is 5. The van der Waals surface area contributed by atoms with Crippen molar-refractivity contribution >= 4 is 22.5 Å². The van der Waals surface area contributed by atoms with Crippen molar-refractivity contribution in [3.05, 3.63) is 36.0 Å². The molecule has 2 aromatic heterocycles. The van der Waals surface area contributed by atoms with Crippen LogP contribution in [-0.2, 0) is 6.54 Å². The van der Waals surface area contributed by atoms with E-state index in [0.29, 0.717) is 22.6 Å². The first-order chi connectivity index (χ1) is 9.24. The van der Waals surface area contributed by atoms with E-state index in [9.17, 15) is 4.79 Å². The summed E-state index contributed by atoms with van der Waals surface area (Å²) in [5.41, 5.74) is 7.36. The van der Waals surface area contributed by atoms with Gasteiger partial charge in [-0.1, -0.05) is 0 Å². The van der Waals surface area contributed by atoms with Gasteiger partial charge in [-0.25, -0.2) is 4.98 Å². The number of benzene rings is 1. The molecule has 0 atom stereocenters. The lowest BCUT2D eigenvalue weighted by molar-refractivity contribution is 0.0946. The van der Waals surface area contributed by atoms with E-state index in [4.69, 9.17) is 5.73 Å². The molecule has 0 aliphatic rings. The molecule has 8 heteroatoms. The van der Waals surface area contributed by atoms with Crippen LogP contribution in [0.15, 0.2) is 24.5 Å². The molecule has 19 heavy (non-hydrogen) atoms. The highest BCUT2D eigenvalue weighted by Crippen LogP contribution is 2.18. The van der Waals surface area contributed by atoms with Gasteiger partial charge in [-0.2, -0.15) is 10.2 Å². The van der Waals surface area contributed by atoms with Crippen molar-refractivity contribution in [2.45, 2.75) is 6.54 Å². The van der Waals surface area contributed by atoms with Gasteiger partial charge in [-0.15, -0.1) is 0 Å². The van der Waals surface area contributed by atoms with Gasteiger partial charge in [0, 0.05) is 11.1 Å². The third-order valence-corrected chi connectivity index (χ3v) is 2.68. The van der Waals surface area contributed by atoms with Gasteiger partial charge < -0.3 is 11.1 Å². The van der Waals surface area contributed by atoms with E-state index in [1.807, 2.05) is 0 Å². The fraction of sp³-hybridized carbons (Fsp3) is 0.0909. The number of nitrogens with zero attached hydrogens (tertiary/aromatic N) is 3. The zero-order valence-electron chi connectivity index (χ0n) is 9.84. The molecule has 3 rings (SSSR count). The van der Waals surface area contributed by atoms with Crippen molar-refractivity contribution in [3.63, 3.8) is 0 Å². The number of fused-ring (bicyclic) bond motifs is 1. The zero-order valence-corrected chi connectivity index (χ0v) is 9.84. The van der Waals surface area contributed by atoms with Gasteiger partial charge in [0.2, 0.25) is 0 Å². The summed E-state index contributed by atoms with van der Waals surface area (Å²) in [6, 6.07) is 5.24. The topological polar surface area (TPSA) is 125 Å². The van der Waals surface area contributed by atoms with E-state index in [2.05, 4.69) is 30.7 Å². The van der Waals surface area contributed by atoms with Crippen LogP contribution in [0.3, 0.4) is 0 Å². The molecule has 0 aliphatic heterocycles. The van der Waals surface area contributed by atoms with Gasteiger partial charge in [0.25, 0.3) is 5.91 Å². The van der Waals surface area contributed by atoms with Crippen LogP contribution in [0, 0.1) is 0 Å². The molecule has 96 valence electrons. The summed E-state index contributed by atoms with van der Waals surface area (Å²) >= 11 is 0. The Hall–Kier alpha value is -2.90. The van der Waals surface area contributed by atoms with Crippen molar-refractivity contribution in [1.82, 2.24) is 30.7 Å². The summed E-state index contributed by atoms with van der Waals surface area (Å²) in [5.74, 6) is 0.279. The van der Waals surface area contributed by atoms with Crippen LogP contribution < -0.4 is 11.1 Å². The number of nitrogen functional groups attached to an aromatic ring is 1. The second-order valence-electron chi connectivity index (χ2n) is 3.99. The maximum Gasteiger partial charge on any atom is 0.272 e. The van der Waals surface area contributed by atoms with Crippen molar-refractivity contribution in [3.8, 4) is 0 Å². The summed E-state index contributed by atoms with van der Waals surface area (Å²) < 4.78 is 0. The molecule has 1 aromatic carbocycles. The minimum absolute atomic E-state index is 0.259. The van der Waals surface area contributed by atoms with Gasteiger partial charge in [-0.3, -0.25) is 15.0 Å². The third kappa shape index (κ3) is 2.10. The lowest BCUT2D eigenvalue weighted by Gasteiger charge is -2.00. The first-order valence-electron chi connectivity index (χ1n) is 5.60. The molecule has 0 saturated carbocycles. The van der Waals surface area contributed by atoms with Crippen LogP contribution in [0.1, 0.15) is 16.3 Å². The van der Waals surface area contributed by atoms with Crippen LogP contribution in [0.5, 0.6) is 0 Å². The smallest absolute Gasteiger partial charge is 0.272 e. The van der Waals surface area contributed by atoms with Crippen LogP contribution >= 0.6 is 0 Å². The molecular weight excluding hydrogens is 246 g/mol. The Balaban J connectivity index is 1.83. The SMILES string of the molecule is Nc1ccc2[nH]nc(C(=O)NCc3ncn[nH]3)c2c1. The quantitative estimate of drug-likeness (QED) is 0.498. The molecule has 0 saturated heterocycles. The molecule has 5 N–H and O–H groups in total. The minimum Gasteiger partial charge on any atom is -0.399 e. The first-order valence-corrected chi connectivity index (χ1v) is 5.60. The number of hydrogen-bond donors (Lipinski definition) is 4. The zero-order chi connectivity index (χ0) is 13.2. The summed E-state index contributed by atoms with van der Waals surface area (Å²) in [7, 11) is 0. The molecule has 0 unspecified atom stereocenters. The Bertz CT molecular complexity index is 716. The molecule has 0 radical (unpaired) electrons. The van der Waals surface area contributed by atoms with E-state index in [0.717, 1.165) is 5.52 Å². The normalized spacial score (nSPS) is 10.7. The number of rotatable bonds is 3. The number of anilines is 1. The Kier molecular flexibility index (Phi) is 2.60. The van der Waals surface area contributed by atoms with Crippen LogP contribution in [0.4, 0.5) is 5.69 Å². The number of carbonyl (C=O) groups is 1. The predicted molar refractivity (Wildman–Crippen MR) is 68.1 cm³/mol. The molecule has 8 nitrogen and oxygen atoms in total. The van der Waals surface area contributed by atoms with Crippen molar-refractivity contribution in [2.75, 3.05) is 5.73 Å². The average molecular weight is 257 g/mol. The number of carbonyl (C=O) groups excluding carboxylic acids is 1. The van der Waals surface area contributed by atoms with Crippen LogP contribution in [0.25, 0.3) is 10.9 Å². The third-order valence-electron chi connectivity index (χ3n) is 2.68. The Morgan fingerprint density at radius 1 is 1.37 bits per heavy atom. The van der Waals surface area contributed by atoms with Crippen molar-refractivity contribution in [2.24, 2.45) is 0 Å². The average Bonchev–Trinajstić information content (AvgIpc) is 3.04. The monoisotopic (exact) mass is 257 g/mol. The van der Waals surface area contributed by atoms with Crippen molar-refractivity contribution in [1.29, 1.82) is 0 Å². The number of nitrogens with one attached hydrogen (secondary N) is 3. The number of aromatic amines is 2. The largest absolute Gasteiger partial charge is 0.399 e. The maximum absolute atomic E-state index is 12.0. The summed E-state index contributed by atoms with van der Waals surface area (Å²) in [6.45, 7) is 0.259. The van der Waals surface area contributed by atoms with E-state index < -0.39 is 0 Å². The highest BCUT2D eigenvalue weighted by atomic mass is 16.1. The predicted octanol–water partition coefficient (Wildman–Crippen LogP) is 0.193.